The first kappa shape index (κ1) is 13.4. The number of nitrogens with zero attached hydrogens (tertiary/aromatic N) is 1. The molecule has 0 radical (unpaired) electrons. The van der Waals surface area contributed by atoms with E-state index in [2.05, 4.69) is 27.3 Å². The van der Waals surface area contributed by atoms with E-state index < -0.39 is 0 Å². The van der Waals surface area contributed by atoms with Crippen molar-refractivity contribution < 1.29 is 4.79 Å². The van der Waals surface area contributed by atoms with Crippen molar-refractivity contribution >= 4 is 21.8 Å². The van der Waals surface area contributed by atoms with Gasteiger partial charge in [0.1, 0.15) is 5.69 Å². The van der Waals surface area contributed by atoms with Gasteiger partial charge in [0, 0.05) is 24.3 Å². The number of rotatable bonds is 4. The van der Waals surface area contributed by atoms with Crippen molar-refractivity contribution in [1.82, 2.24) is 9.88 Å². The number of aromatic nitrogens is 1. The number of halogens is 1. The van der Waals surface area contributed by atoms with Crippen molar-refractivity contribution in [3.05, 3.63) is 34.1 Å². The molecule has 1 aliphatic carbocycles. The lowest BCUT2D eigenvalue weighted by atomic mass is 9.97. The molecule has 1 heterocycles. The van der Waals surface area contributed by atoms with Crippen LogP contribution in [0.25, 0.3) is 0 Å². The van der Waals surface area contributed by atoms with Crippen LogP contribution in [0.4, 0.5) is 0 Å². The Labute approximate surface area is 116 Å². The van der Waals surface area contributed by atoms with Gasteiger partial charge in [0.15, 0.2) is 0 Å². The number of hydrogen-bond acceptors (Lipinski definition) is 1. The highest BCUT2D eigenvalue weighted by atomic mass is 79.9. The zero-order chi connectivity index (χ0) is 13.0. The fraction of sp³-hybridized carbons (Fsp3) is 0.500. The Hall–Kier alpha value is -1.03. The first-order valence-electron chi connectivity index (χ1n) is 6.45. The molecule has 0 bridgehead atoms. The van der Waals surface area contributed by atoms with E-state index in [4.69, 9.17) is 0 Å². The summed E-state index contributed by atoms with van der Waals surface area (Å²) < 4.78 is 2.77. The first-order valence-corrected chi connectivity index (χ1v) is 7.24. The Balaban J connectivity index is 1.81. The Kier molecular flexibility index (Phi) is 4.64. The Morgan fingerprint density at radius 1 is 1.50 bits per heavy atom. The van der Waals surface area contributed by atoms with E-state index in [-0.39, 0.29) is 5.91 Å². The maximum atomic E-state index is 11.9. The summed E-state index contributed by atoms with van der Waals surface area (Å²) in [4.78, 5) is 11.9. The lowest BCUT2D eigenvalue weighted by Crippen LogP contribution is -2.26. The Morgan fingerprint density at radius 2 is 2.33 bits per heavy atom. The molecule has 0 saturated carbocycles. The normalized spacial score (nSPS) is 15.3. The molecule has 4 heteroatoms. The molecule has 1 aliphatic rings. The Bertz CT molecular complexity index is 462. The monoisotopic (exact) mass is 310 g/mol. The molecule has 1 amide bonds. The molecule has 0 aromatic carbocycles. The van der Waals surface area contributed by atoms with Gasteiger partial charge >= 0.3 is 0 Å². The van der Waals surface area contributed by atoms with Crippen molar-refractivity contribution in [2.45, 2.75) is 32.1 Å². The van der Waals surface area contributed by atoms with E-state index in [0.717, 1.165) is 17.4 Å². The number of allylic oxidation sites excluding steroid dienone is 1. The topological polar surface area (TPSA) is 34.0 Å². The maximum absolute atomic E-state index is 11.9. The van der Waals surface area contributed by atoms with Crippen LogP contribution in [0, 0.1) is 0 Å². The van der Waals surface area contributed by atoms with Crippen LogP contribution >= 0.6 is 15.9 Å². The van der Waals surface area contributed by atoms with Gasteiger partial charge in [-0.1, -0.05) is 11.6 Å². The fourth-order valence-corrected chi connectivity index (χ4v) is 2.83. The molecule has 2 rings (SSSR count). The van der Waals surface area contributed by atoms with Crippen molar-refractivity contribution in [3.8, 4) is 0 Å². The second kappa shape index (κ2) is 6.23. The van der Waals surface area contributed by atoms with Gasteiger partial charge in [-0.05, 0) is 54.1 Å². The van der Waals surface area contributed by atoms with Crippen LogP contribution in [-0.2, 0) is 7.05 Å². The van der Waals surface area contributed by atoms with Crippen molar-refractivity contribution in [2.75, 3.05) is 6.54 Å². The van der Waals surface area contributed by atoms with Gasteiger partial charge in [-0.15, -0.1) is 0 Å². The second-order valence-corrected chi connectivity index (χ2v) is 5.68. The predicted octanol–water partition coefficient (Wildman–Crippen LogP) is 3.41. The van der Waals surface area contributed by atoms with Gasteiger partial charge in [0.05, 0.1) is 0 Å². The molecule has 1 aromatic heterocycles. The standard InChI is InChI=1S/C14H19BrN2O/c1-17-10-12(15)9-13(17)14(18)16-8-7-11-5-3-2-4-6-11/h5,9-10H,2-4,6-8H2,1H3,(H,16,18). The zero-order valence-electron chi connectivity index (χ0n) is 10.7. The van der Waals surface area contributed by atoms with Crippen LogP contribution in [0.1, 0.15) is 42.6 Å². The predicted molar refractivity (Wildman–Crippen MR) is 76.6 cm³/mol. The van der Waals surface area contributed by atoms with E-state index in [0.29, 0.717) is 5.69 Å². The number of amides is 1. The molecule has 0 unspecified atom stereocenters. The SMILES string of the molecule is Cn1cc(Br)cc1C(=O)NCCC1=CCCCC1. The summed E-state index contributed by atoms with van der Waals surface area (Å²) in [5.74, 6) is -0.000362. The number of nitrogens with one attached hydrogen (secondary N) is 1. The molecule has 0 aliphatic heterocycles. The Morgan fingerprint density at radius 3 is 2.94 bits per heavy atom. The molecule has 0 spiro atoms. The highest BCUT2D eigenvalue weighted by Gasteiger charge is 2.10. The summed E-state index contributed by atoms with van der Waals surface area (Å²) in [7, 11) is 1.88. The third-order valence-electron chi connectivity index (χ3n) is 3.32. The summed E-state index contributed by atoms with van der Waals surface area (Å²) in [6.45, 7) is 0.730. The van der Waals surface area contributed by atoms with Crippen molar-refractivity contribution in [2.24, 2.45) is 7.05 Å². The maximum Gasteiger partial charge on any atom is 0.267 e. The molecule has 0 atom stereocenters. The highest BCUT2D eigenvalue weighted by Crippen LogP contribution is 2.19. The molecule has 18 heavy (non-hydrogen) atoms. The molecular weight excluding hydrogens is 292 g/mol. The summed E-state index contributed by atoms with van der Waals surface area (Å²) in [5.41, 5.74) is 2.19. The number of aryl methyl sites for hydroxylation is 1. The fourth-order valence-electron chi connectivity index (χ4n) is 2.31. The van der Waals surface area contributed by atoms with E-state index in [1.807, 2.05) is 23.9 Å². The number of hydrogen-bond donors (Lipinski definition) is 1. The van der Waals surface area contributed by atoms with Gasteiger partial charge in [-0.2, -0.15) is 0 Å². The summed E-state index contributed by atoms with van der Waals surface area (Å²) in [6.07, 6.45) is 10.2. The number of carbonyl (C=O) groups is 1. The molecule has 1 aromatic rings. The molecule has 1 N–H and O–H groups in total. The minimum absolute atomic E-state index is 0.000362. The first-order chi connectivity index (χ1) is 8.66. The van der Waals surface area contributed by atoms with Gasteiger partial charge in [0.25, 0.3) is 5.91 Å². The summed E-state index contributed by atoms with van der Waals surface area (Å²) >= 11 is 3.37. The van der Waals surface area contributed by atoms with Crippen LogP contribution in [-0.4, -0.2) is 17.0 Å². The second-order valence-electron chi connectivity index (χ2n) is 4.77. The van der Waals surface area contributed by atoms with Gasteiger partial charge in [-0.3, -0.25) is 4.79 Å². The summed E-state index contributed by atoms with van der Waals surface area (Å²) in [5, 5.41) is 2.98. The van der Waals surface area contributed by atoms with Crippen LogP contribution in [0.3, 0.4) is 0 Å². The summed E-state index contributed by atoms with van der Waals surface area (Å²) in [6, 6.07) is 1.84. The number of carbonyl (C=O) groups excluding carboxylic acids is 1. The van der Waals surface area contributed by atoms with Crippen molar-refractivity contribution in [3.63, 3.8) is 0 Å². The average molecular weight is 311 g/mol. The van der Waals surface area contributed by atoms with E-state index >= 15 is 0 Å². The van der Waals surface area contributed by atoms with Crippen LogP contribution in [0.2, 0.25) is 0 Å². The molecule has 0 fully saturated rings. The molecular formula is C14H19BrN2O. The molecule has 3 nitrogen and oxygen atoms in total. The quantitative estimate of drug-likeness (QED) is 0.850. The minimum atomic E-state index is -0.000362. The third-order valence-corrected chi connectivity index (χ3v) is 3.75. The highest BCUT2D eigenvalue weighted by molar-refractivity contribution is 9.10. The lowest BCUT2D eigenvalue weighted by molar-refractivity contribution is 0.0946. The molecule has 0 saturated heterocycles. The third kappa shape index (κ3) is 3.48. The van der Waals surface area contributed by atoms with E-state index in [1.54, 1.807) is 0 Å². The zero-order valence-corrected chi connectivity index (χ0v) is 12.3. The van der Waals surface area contributed by atoms with Crippen LogP contribution in [0.5, 0.6) is 0 Å². The smallest absolute Gasteiger partial charge is 0.267 e. The lowest BCUT2D eigenvalue weighted by Gasteiger charge is -2.13. The average Bonchev–Trinajstić information content (AvgIpc) is 2.70. The van der Waals surface area contributed by atoms with Crippen LogP contribution in [0.15, 0.2) is 28.4 Å². The largest absolute Gasteiger partial charge is 0.350 e. The van der Waals surface area contributed by atoms with E-state index in [9.17, 15) is 4.79 Å². The van der Waals surface area contributed by atoms with Crippen molar-refractivity contribution in [1.29, 1.82) is 0 Å². The molecule has 98 valence electrons. The van der Waals surface area contributed by atoms with E-state index in [1.165, 1.54) is 31.3 Å². The van der Waals surface area contributed by atoms with Gasteiger partial charge in [0.2, 0.25) is 0 Å². The van der Waals surface area contributed by atoms with Gasteiger partial charge < -0.3 is 9.88 Å². The minimum Gasteiger partial charge on any atom is -0.350 e. The van der Waals surface area contributed by atoms with Crippen LogP contribution < -0.4 is 5.32 Å². The van der Waals surface area contributed by atoms with Gasteiger partial charge in [-0.25, -0.2) is 0 Å².